The molecule has 2 rings (SSSR count). The van der Waals surface area contributed by atoms with E-state index in [9.17, 15) is 8.42 Å². The van der Waals surface area contributed by atoms with Crippen LogP contribution in [0.1, 0.15) is 12.8 Å². The molecule has 0 amide bonds. The fourth-order valence-electron chi connectivity index (χ4n) is 1.97. The number of sulfonamides is 1. The topological polar surface area (TPSA) is 84.2 Å². The molecule has 19 heavy (non-hydrogen) atoms. The van der Waals surface area contributed by atoms with Gasteiger partial charge in [-0.15, -0.1) is 0 Å². The number of hydrogen-bond donors (Lipinski definition) is 2. The fourth-order valence-corrected chi connectivity index (χ4v) is 4.24. The third-order valence-corrected chi connectivity index (χ3v) is 5.58. The summed E-state index contributed by atoms with van der Waals surface area (Å²) in [5, 5.41) is 12.7. The lowest BCUT2D eigenvalue weighted by Crippen LogP contribution is -2.30. The van der Waals surface area contributed by atoms with E-state index >= 15 is 0 Å². The van der Waals surface area contributed by atoms with Gasteiger partial charge in [-0.3, -0.25) is 4.68 Å². The van der Waals surface area contributed by atoms with E-state index in [0.29, 0.717) is 19.0 Å². The molecule has 8 heteroatoms. The lowest BCUT2D eigenvalue weighted by atomic mass is 10.0. The molecule has 0 saturated carbocycles. The zero-order chi connectivity index (χ0) is 13.7. The van der Waals surface area contributed by atoms with Crippen LogP contribution in [0.15, 0.2) is 17.3 Å². The Balaban J connectivity index is 1.92. The van der Waals surface area contributed by atoms with E-state index in [-0.39, 0.29) is 11.5 Å². The largest absolute Gasteiger partial charge is 0.394 e. The molecular formula is C11H19N3O3S2. The zero-order valence-electron chi connectivity index (χ0n) is 10.7. The van der Waals surface area contributed by atoms with Crippen LogP contribution >= 0.6 is 11.8 Å². The van der Waals surface area contributed by atoms with Crippen LogP contribution in [0.3, 0.4) is 0 Å². The van der Waals surface area contributed by atoms with Crippen molar-refractivity contribution in [1.82, 2.24) is 14.5 Å². The molecule has 0 spiro atoms. The van der Waals surface area contributed by atoms with Crippen molar-refractivity contribution < 1.29 is 13.5 Å². The lowest BCUT2D eigenvalue weighted by molar-refractivity contribution is 0.269. The predicted molar refractivity (Wildman–Crippen MR) is 74.6 cm³/mol. The number of aromatic nitrogens is 2. The summed E-state index contributed by atoms with van der Waals surface area (Å²) in [5.41, 5.74) is 0. The minimum atomic E-state index is -3.48. The normalized spacial score (nSPS) is 17.7. The summed E-state index contributed by atoms with van der Waals surface area (Å²) in [5.74, 6) is 2.66. The molecule has 0 aromatic carbocycles. The molecular weight excluding hydrogens is 286 g/mol. The molecule has 1 aliphatic rings. The van der Waals surface area contributed by atoms with Gasteiger partial charge in [0, 0.05) is 12.7 Å². The van der Waals surface area contributed by atoms with Crippen molar-refractivity contribution in [2.75, 3.05) is 24.7 Å². The molecule has 1 saturated heterocycles. The van der Waals surface area contributed by atoms with Gasteiger partial charge in [0.15, 0.2) is 0 Å². The molecule has 2 N–H and O–H groups in total. The van der Waals surface area contributed by atoms with E-state index in [1.807, 2.05) is 11.8 Å². The van der Waals surface area contributed by atoms with Crippen molar-refractivity contribution in [1.29, 1.82) is 0 Å². The monoisotopic (exact) mass is 305 g/mol. The summed E-state index contributed by atoms with van der Waals surface area (Å²) in [4.78, 5) is 0.158. The third kappa shape index (κ3) is 4.20. The molecule has 0 radical (unpaired) electrons. The number of aliphatic hydroxyl groups excluding tert-OH is 1. The molecule has 1 aliphatic heterocycles. The van der Waals surface area contributed by atoms with Crippen LogP contribution in [0, 0.1) is 5.92 Å². The first-order valence-electron chi connectivity index (χ1n) is 6.32. The average molecular weight is 305 g/mol. The average Bonchev–Trinajstić information content (AvgIpc) is 2.88. The summed E-state index contributed by atoms with van der Waals surface area (Å²) in [6.45, 7) is 0.734. The molecule has 108 valence electrons. The maximum absolute atomic E-state index is 12.1. The minimum absolute atomic E-state index is 0.0612. The van der Waals surface area contributed by atoms with Crippen molar-refractivity contribution in [3.05, 3.63) is 12.4 Å². The van der Waals surface area contributed by atoms with Crippen LogP contribution in [0.5, 0.6) is 0 Å². The molecule has 6 nitrogen and oxygen atoms in total. The Bertz CT molecular complexity index is 495. The highest BCUT2D eigenvalue weighted by molar-refractivity contribution is 7.99. The van der Waals surface area contributed by atoms with Crippen LogP contribution in [0.2, 0.25) is 0 Å². The van der Waals surface area contributed by atoms with Crippen LogP contribution in [-0.4, -0.2) is 48.0 Å². The number of rotatable bonds is 6. The van der Waals surface area contributed by atoms with E-state index in [0.717, 1.165) is 24.3 Å². The third-order valence-electron chi connectivity index (χ3n) is 3.15. The standard InChI is InChI=1S/C11H19N3O3S2/c15-4-3-14-9-11(8-12-14)19(16,17)13-7-10-1-5-18-6-2-10/h8-10,13,15H,1-7H2. The summed E-state index contributed by atoms with van der Waals surface area (Å²) in [7, 11) is -3.48. The second-order valence-electron chi connectivity index (χ2n) is 4.57. The van der Waals surface area contributed by atoms with E-state index in [2.05, 4.69) is 9.82 Å². The van der Waals surface area contributed by atoms with Gasteiger partial charge in [-0.2, -0.15) is 16.9 Å². The second-order valence-corrected chi connectivity index (χ2v) is 7.56. The highest BCUT2D eigenvalue weighted by Gasteiger charge is 2.20. The Kier molecular flexibility index (Phi) is 5.26. The van der Waals surface area contributed by atoms with Gasteiger partial charge in [0.2, 0.25) is 10.0 Å². The first-order valence-corrected chi connectivity index (χ1v) is 8.96. The van der Waals surface area contributed by atoms with Gasteiger partial charge in [0.25, 0.3) is 0 Å². The summed E-state index contributed by atoms with van der Waals surface area (Å²) >= 11 is 1.92. The predicted octanol–water partition coefficient (Wildman–Crippen LogP) is 0.297. The molecule has 1 aromatic rings. The van der Waals surface area contributed by atoms with Crippen molar-refractivity contribution >= 4 is 21.8 Å². The Hall–Kier alpha value is -0.570. The van der Waals surface area contributed by atoms with Crippen molar-refractivity contribution in [3.63, 3.8) is 0 Å². The van der Waals surface area contributed by atoms with Crippen LogP contribution in [-0.2, 0) is 16.6 Å². The Morgan fingerprint density at radius 2 is 2.21 bits per heavy atom. The first-order chi connectivity index (χ1) is 9.12. The van der Waals surface area contributed by atoms with Gasteiger partial charge in [-0.05, 0) is 30.3 Å². The Morgan fingerprint density at radius 3 is 2.89 bits per heavy atom. The number of aliphatic hydroxyl groups is 1. The quantitative estimate of drug-likeness (QED) is 0.789. The van der Waals surface area contributed by atoms with Gasteiger partial charge in [0.1, 0.15) is 4.90 Å². The number of thioether (sulfide) groups is 1. The first kappa shape index (κ1) is 14.8. The molecule has 0 aliphatic carbocycles. The van der Waals surface area contributed by atoms with Gasteiger partial charge in [-0.25, -0.2) is 13.1 Å². The molecule has 0 unspecified atom stereocenters. The number of hydrogen-bond acceptors (Lipinski definition) is 5. The van der Waals surface area contributed by atoms with Crippen LogP contribution in [0.4, 0.5) is 0 Å². The number of nitrogens with zero attached hydrogens (tertiary/aromatic N) is 2. The second kappa shape index (κ2) is 6.74. The summed E-state index contributed by atoms with van der Waals surface area (Å²) in [6, 6.07) is 0. The van der Waals surface area contributed by atoms with E-state index in [1.165, 1.54) is 17.1 Å². The molecule has 1 fully saturated rings. The minimum Gasteiger partial charge on any atom is -0.394 e. The van der Waals surface area contributed by atoms with Gasteiger partial charge in [0.05, 0.1) is 19.3 Å². The van der Waals surface area contributed by atoms with Gasteiger partial charge < -0.3 is 5.11 Å². The van der Waals surface area contributed by atoms with Crippen LogP contribution in [0.25, 0.3) is 0 Å². The maximum Gasteiger partial charge on any atom is 0.243 e. The van der Waals surface area contributed by atoms with Gasteiger partial charge >= 0.3 is 0 Å². The maximum atomic E-state index is 12.1. The van der Waals surface area contributed by atoms with E-state index < -0.39 is 10.0 Å². The highest BCUT2D eigenvalue weighted by atomic mass is 32.2. The highest BCUT2D eigenvalue weighted by Crippen LogP contribution is 2.22. The summed E-state index contributed by atoms with van der Waals surface area (Å²) < 4.78 is 28.2. The smallest absolute Gasteiger partial charge is 0.243 e. The van der Waals surface area contributed by atoms with Crippen molar-refractivity contribution in [3.8, 4) is 0 Å². The molecule has 2 heterocycles. The van der Waals surface area contributed by atoms with E-state index in [4.69, 9.17) is 5.11 Å². The van der Waals surface area contributed by atoms with Crippen molar-refractivity contribution in [2.45, 2.75) is 24.3 Å². The lowest BCUT2D eigenvalue weighted by Gasteiger charge is -2.21. The zero-order valence-corrected chi connectivity index (χ0v) is 12.3. The summed E-state index contributed by atoms with van der Waals surface area (Å²) in [6.07, 6.45) is 4.89. The number of nitrogens with one attached hydrogen (secondary N) is 1. The fraction of sp³-hybridized carbons (Fsp3) is 0.727. The van der Waals surface area contributed by atoms with E-state index in [1.54, 1.807) is 0 Å². The molecule has 0 atom stereocenters. The SMILES string of the molecule is O=S(=O)(NCC1CCSCC1)c1cnn(CCO)c1. The van der Waals surface area contributed by atoms with Gasteiger partial charge in [-0.1, -0.05) is 0 Å². The molecule has 0 bridgehead atoms. The van der Waals surface area contributed by atoms with Crippen molar-refractivity contribution in [2.24, 2.45) is 5.92 Å². The Morgan fingerprint density at radius 1 is 1.47 bits per heavy atom. The van der Waals surface area contributed by atoms with Crippen LogP contribution < -0.4 is 4.72 Å². The molecule has 1 aromatic heterocycles. The Labute approximate surface area is 117 Å².